The first-order chi connectivity index (χ1) is 6.34. The van der Waals surface area contributed by atoms with Crippen molar-refractivity contribution in [2.24, 2.45) is 0 Å². The summed E-state index contributed by atoms with van der Waals surface area (Å²) in [6, 6.07) is 0. The molecule has 72 valence electrons. The minimum atomic E-state index is 1.21. The molecule has 0 saturated carbocycles. The fourth-order valence-corrected chi connectivity index (χ4v) is 1.55. The summed E-state index contributed by atoms with van der Waals surface area (Å²) in [7, 11) is 1.98. The van der Waals surface area contributed by atoms with Gasteiger partial charge in [0.1, 0.15) is 0 Å². The van der Waals surface area contributed by atoms with Crippen LogP contribution in [-0.4, -0.2) is 7.05 Å². The molecule has 1 nitrogen and oxygen atoms in total. The molecule has 0 aromatic heterocycles. The van der Waals surface area contributed by atoms with Gasteiger partial charge in [-0.15, -0.1) is 0 Å². The monoisotopic (exact) mass is 177 g/mol. The molecule has 1 heteroatoms. The van der Waals surface area contributed by atoms with Gasteiger partial charge in [0, 0.05) is 12.7 Å². The highest BCUT2D eigenvalue weighted by molar-refractivity contribution is 5.25. The summed E-state index contributed by atoms with van der Waals surface area (Å²) in [4.78, 5) is 0. The van der Waals surface area contributed by atoms with Crippen molar-refractivity contribution in [1.82, 2.24) is 5.32 Å². The molecule has 0 aromatic carbocycles. The summed E-state index contributed by atoms with van der Waals surface area (Å²) < 4.78 is 0. The Morgan fingerprint density at radius 1 is 1.23 bits per heavy atom. The Bertz CT molecular complexity index is 234. The lowest BCUT2D eigenvalue weighted by molar-refractivity contribution is 0.732. The molecule has 0 atom stereocenters. The lowest BCUT2D eigenvalue weighted by atomic mass is 10.1. The maximum atomic E-state index is 3.23. The zero-order valence-corrected chi connectivity index (χ0v) is 8.64. The first-order valence-corrected chi connectivity index (χ1v) is 5.05. The van der Waals surface area contributed by atoms with Gasteiger partial charge in [0.05, 0.1) is 0 Å². The molecular weight excluding hydrogens is 158 g/mol. The Labute approximate surface area is 81.2 Å². The molecule has 0 saturated heterocycles. The summed E-state index contributed by atoms with van der Waals surface area (Å²) in [5.41, 5.74) is 2.74. The number of hydrogen-bond acceptors (Lipinski definition) is 1. The van der Waals surface area contributed by atoms with Gasteiger partial charge in [-0.3, -0.25) is 0 Å². The second kappa shape index (κ2) is 5.63. The van der Waals surface area contributed by atoms with Gasteiger partial charge >= 0.3 is 0 Å². The Morgan fingerprint density at radius 3 is 2.85 bits per heavy atom. The molecule has 0 bridgehead atoms. The van der Waals surface area contributed by atoms with E-state index in [1.165, 1.54) is 37.0 Å². The Balaban J connectivity index is 2.75. The smallest absolute Gasteiger partial charge is 0.0326 e. The normalized spacial score (nSPS) is 29.4. The zero-order valence-electron chi connectivity index (χ0n) is 8.64. The molecule has 0 aliphatic heterocycles. The van der Waals surface area contributed by atoms with Crippen LogP contribution in [0.1, 0.15) is 32.6 Å². The number of rotatable bonds is 1. The zero-order chi connectivity index (χ0) is 9.52. The standard InChI is InChI=1S/C12H19N/c1-11-9-7-5-3-4-6-8-10-12(11)13-2/h4,6,8,10,13H,3,5,7,9H2,1-2H3/b6-4+,10-8-,12-11-. The van der Waals surface area contributed by atoms with E-state index < -0.39 is 0 Å². The minimum Gasteiger partial charge on any atom is -0.388 e. The van der Waals surface area contributed by atoms with Crippen LogP contribution in [0.5, 0.6) is 0 Å². The van der Waals surface area contributed by atoms with E-state index in [2.05, 4.69) is 36.5 Å². The van der Waals surface area contributed by atoms with Gasteiger partial charge < -0.3 is 5.32 Å². The molecule has 0 radical (unpaired) electrons. The maximum absolute atomic E-state index is 3.23. The first-order valence-electron chi connectivity index (χ1n) is 5.05. The summed E-state index contributed by atoms with van der Waals surface area (Å²) in [5, 5.41) is 3.23. The lowest BCUT2D eigenvalue weighted by Gasteiger charge is -2.08. The topological polar surface area (TPSA) is 12.0 Å². The average molecular weight is 177 g/mol. The van der Waals surface area contributed by atoms with E-state index in [0.29, 0.717) is 0 Å². The summed E-state index contributed by atoms with van der Waals surface area (Å²) in [6.45, 7) is 2.21. The number of nitrogens with one attached hydrogen (secondary N) is 1. The molecule has 1 N–H and O–H groups in total. The highest BCUT2D eigenvalue weighted by atomic mass is 14.8. The average Bonchev–Trinajstić information content (AvgIpc) is 2.16. The predicted octanol–water partition coefficient (Wildman–Crippen LogP) is 3.17. The van der Waals surface area contributed by atoms with Crippen LogP contribution < -0.4 is 5.32 Å². The Kier molecular flexibility index (Phi) is 4.37. The van der Waals surface area contributed by atoms with E-state index >= 15 is 0 Å². The van der Waals surface area contributed by atoms with Crippen LogP contribution in [-0.2, 0) is 0 Å². The molecule has 0 heterocycles. The minimum absolute atomic E-state index is 1.21. The van der Waals surface area contributed by atoms with Crippen molar-refractivity contribution >= 4 is 0 Å². The van der Waals surface area contributed by atoms with E-state index in [0.717, 1.165) is 0 Å². The van der Waals surface area contributed by atoms with Crippen LogP contribution in [0.3, 0.4) is 0 Å². The van der Waals surface area contributed by atoms with E-state index in [1.807, 2.05) is 7.05 Å². The molecule has 0 aromatic rings. The molecular formula is C12H19N. The highest BCUT2D eigenvalue weighted by Crippen LogP contribution is 2.13. The number of likely N-dealkylation sites (N-methyl/N-ethyl adjacent to an activating group) is 1. The number of allylic oxidation sites excluding steroid dienone is 5. The van der Waals surface area contributed by atoms with Crippen LogP contribution in [0.25, 0.3) is 0 Å². The largest absolute Gasteiger partial charge is 0.388 e. The fraction of sp³-hybridized carbons (Fsp3) is 0.500. The fourth-order valence-electron chi connectivity index (χ4n) is 1.55. The van der Waals surface area contributed by atoms with Crippen molar-refractivity contribution in [2.45, 2.75) is 32.6 Å². The molecule has 0 spiro atoms. The van der Waals surface area contributed by atoms with Gasteiger partial charge in [-0.1, -0.05) is 23.8 Å². The van der Waals surface area contributed by atoms with Crippen LogP contribution in [0.2, 0.25) is 0 Å². The van der Waals surface area contributed by atoms with E-state index in [9.17, 15) is 0 Å². The van der Waals surface area contributed by atoms with Gasteiger partial charge in [0.25, 0.3) is 0 Å². The van der Waals surface area contributed by atoms with Gasteiger partial charge in [-0.2, -0.15) is 0 Å². The van der Waals surface area contributed by atoms with E-state index in [4.69, 9.17) is 0 Å². The van der Waals surface area contributed by atoms with Crippen molar-refractivity contribution in [3.63, 3.8) is 0 Å². The summed E-state index contributed by atoms with van der Waals surface area (Å²) in [5.74, 6) is 0. The predicted molar refractivity (Wildman–Crippen MR) is 58.5 cm³/mol. The molecule has 0 unspecified atom stereocenters. The van der Waals surface area contributed by atoms with Gasteiger partial charge in [-0.05, 0) is 38.7 Å². The van der Waals surface area contributed by atoms with Crippen molar-refractivity contribution in [3.05, 3.63) is 35.6 Å². The SMILES string of the molecule is CNC1=C(/C)CCCC/C=C/C=C\1. The maximum Gasteiger partial charge on any atom is 0.0326 e. The summed E-state index contributed by atoms with van der Waals surface area (Å²) in [6.07, 6.45) is 13.7. The van der Waals surface area contributed by atoms with Crippen LogP contribution in [0.4, 0.5) is 0 Å². The molecule has 1 aliphatic rings. The lowest BCUT2D eigenvalue weighted by Crippen LogP contribution is -2.06. The second-order valence-electron chi connectivity index (χ2n) is 3.48. The van der Waals surface area contributed by atoms with Crippen molar-refractivity contribution in [2.75, 3.05) is 7.05 Å². The van der Waals surface area contributed by atoms with Crippen LogP contribution in [0.15, 0.2) is 35.6 Å². The quantitative estimate of drug-likeness (QED) is 0.648. The molecule has 0 fully saturated rings. The van der Waals surface area contributed by atoms with Crippen LogP contribution in [0, 0.1) is 0 Å². The highest BCUT2D eigenvalue weighted by Gasteiger charge is 1.97. The molecule has 1 rings (SSSR count). The molecule has 1 aliphatic carbocycles. The van der Waals surface area contributed by atoms with Gasteiger partial charge in [-0.25, -0.2) is 0 Å². The third-order valence-corrected chi connectivity index (χ3v) is 2.41. The Hall–Kier alpha value is -0.980. The third-order valence-electron chi connectivity index (χ3n) is 2.41. The van der Waals surface area contributed by atoms with E-state index in [1.54, 1.807) is 0 Å². The van der Waals surface area contributed by atoms with Crippen molar-refractivity contribution < 1.29 is 0 Å². The molecule has 0 amide bonds. The third kappa shape index (κ3) is 3.49. The first kappa shape index (κ1) is 10.1. The van der Waals surface area contributed by atoms with Crippen molar-refractivity contribution in [1.29, 1.82) is 0 Å². The number of hydrogen-bond donors (Lipinski definition) is 1. The second-order valence-corrected chi connectivity index (χ2v) is 3.48. The van der Waals surface area contributed by atoms with Crippen molar-refractivity contribution in [3.8, 4) is 0 Å². The summed E-state index contributed by atoms with van der Waals surface area (Å²) >= 11 is 0. The van der Waals surface area contributed by atoms with Gasteiger partial charge in [0.2, 0.25) is 0 Å². The molecule has 13 heavy (non-hydrogen) atoms. The van der Waals surface area contributed by atoms with Gasteiger partial charge in [0.15, 0.2) is 0 Å². The van der Waals surface area contributed by atoms with E-state index in [-0.39, 0.29) is 0 Å². The Morgan fingerprint density at radius 2 is 2.08 bits per heavy atom. The van der Waals surface area contributed by atoms with Crippen LogP contribution >= 0.6 is 0 Å².